The molecule has 3 unspecified atom stereocenters. The van der Waals surface area contributed by atoms with Crippen LogP contribution in [0, 0.1) is 0 Å². The van der Waals surface area contributed by atoms with Gasteiger partial charge in [0.25, 0.3) is 5.91 Å². The third-order valence-corrected chi connectivity index (χ3v) is 10.1. The molecule has 2 heterocycles. The van der Waals surface area contributed by atoms with Gasteiger partial charge in [-0.25, -0.2) is 0 Å². The normalized spacial score (nSPS) is 17.5. The highest BCUT2D eigenvalue weighted by Gasteiger charge is 2.28. The van der Waals surface area contributed by atoms with Crippen molar-refractivity contribution >= 4 is 44.7 Å². The number of methoxy groups -OCH3 is 1. The zero-order valence-electron chi connectivity index (χ0n) is 20.1. The van der Waals surface area contributed by atoms with E-state index in [-0.39, 0.29) is 29.2 Å². The van der Waals surface area contributed by atoms with Gasteiger partial charge in [0.05, 0.1) is 23.6 Å². The number of ether oxygens (including phenoxy) is 1. The van der Waals surface area contributed by atoms with Gasteiger partial charge >= 0.3 is 0 Å². The molecule has 1 saturated heterocycles. The van der Waals surface area contributed by atoms with Crippen molar-refractivity contribution in [2.24, 2.45) is 10.7 Å². The Balaban J connectivity index is 1.50. The molecule has 1 fully saturated rings. The molecule has 0 bridgehead atoms. The van der Waals surface area contributed by atoms with Crippen molar-refractivity contribution in [1.29, 1.82) is 0 Å². The fourth-order valence-electron chi connectivity index (χ4n) is 4.22. The number of para-hydroxylation sites is 1. The Morgan fingerprint density at radius 1 is 1.17 bits per heavy atom. The standard InChI is InChI=1S/C27H31N3O3S3/c1-33-20-11-8-18(9-12-20)19(17-29-27(32)21-5-2-3-6-23(21)31)10-13-22(24-14-16-35-36-24)30-26(28)25-7-4-15-34-25/h2-9,11-12,15,19,22,24,31H,10,13-14,16-17H2,1H3,(H2,28,30)(H,29,32). The predicted octanol–water partition coefficient (Wildman–Crippen LogP) is 5.68. The summed E-state index contributed by atoms with van der Waals surface area (Å²) in [4.78, 5) is 18.8. The number of nitrogens with zero attached hydrogens (tertiary/aromatic N) is 1. The number of rotatable bonds is 11. The summed E-state index contributed by atoms with van der Waals surface area (Å²) in [6, 6.07) is 18.7. The number of aliphatic imine (C=N–C) groups is 1. The Morgan fingerprint density at radius 2 is 1.97 bits per heavy atom. The Morgan fingerprint density at radius 3 is 2.64 bits per heavy atom. The summed E-state index contributed by atoms with van der Waals surface area (Å²) in [5.74, 6) is 2.28. The van der Waals surface area contributed by atoms with Crippen LogP contribution in [0.25, 0.3) is 0 Å². The van der Waals surface area contributed by atoms with E-state index in [1.165, 1.54) is 6.07 Å². The molecule has 3 atom stereocenters. The van der Waals surface area contributed by atoms with E-state index in [0.29, 0.717) is 17.6 Å². The quantitative estimate of drug-likeness (QED) is 0.164. The number of amidine groups is 1. The number of phenolic OH excluding ortho intramolecular Hbond substituents is 1. The Kier molecular flexibility index (Phi) is 9.60. The van der Waals surface area contributed by atoms with E-state index >= 15 is 0 Å². The minimum absolute atomic E-state index is 0.0230. The second-order valence-electron chi connectivity index (χ2n) is 8.58. The van der Waals surface area contributed by atoms with E-state index in [4.69, 9.17) is 15.5 Å². The molecule has 0 radical (unpaired) electrons. The van der Waals surface area contributed by atoms with Gasteiger partial charge in [-0.1, -0.05) is 51.9 Å². The largest absolute Gasteiger partial charge is 0.507 e. The van der Waals surface area contributed by atoms with Gasteiger partial charge in [-0.05, 0) is 60.5 Å². The Labute approximate surface area is 224 Å². The first-order chi connectivity index (χ1) is 17.5. The maximum absolute atomic E-state index is 12.8. The molecule has 1 aliphatic rings. The van der Waals surface area contributed by atoms with Gasteiger partial charge in [0.1, 0.15) is 17.3 Å². The number of hydrogen-bond donors (Lipinski definition) is 3. The van der Waals surface area contributed by atoms with Crippen molar-refractivity contribution in [3.05, 3.63) is 82.0 Å². The Bertz CT molecular complexity index is 1150. The minimum atomic E-state index is -0.286. The third kappa shape index (κ3) is 6.99. The van der Waals surface area contributed by atoms with Crippen LogP contribution in [0.2, 0.25) is 0 Å². The SMILES string of the molecule is COc1ccc(C(CCC(N=C(N)c2cccs2)C2CCSS2)CNC(=O)c2ccccc2O)cc1. The van der Waals surface area contributed by atoms with E-state index in [2.05, 4.69) is 5.32 Å². The van der Waals surface area contributed by atoms with Crippen LogP contribution >= 0.6 is 32.9 Å². The highest BCUT2D eigenvalue weighted by molar-refractivity contribution is 8.77. The van der Waals surface area contributed by atoms with Gasteiger partial charge in [-0.2, -0.15) is 0 Å². The van der Waals surface area contributed by atoms with Gasteiger partial charge in [-0.15, -0.1) is 11.3 Å². The van der Waals surface area contributed by atoms with Crippen LogP contribution < -0.4 is 15.8 Å². The van der Waals surface area contributed by atoms with Gasteiger partial charge in [-0.3, -0.25) is 9.79 Å². The number of thiophene rings is 1. The lowest BCUT2D eigenvalue weighted by molar-refractivity contribution is 0.0948. The molecular formula is C27H31N3O3S3. The van der Waals surface area contributed by atoms with Gasteiger partial charge < -0.3 is 20.9 Å². The van der Waals surface area contributed by atoms with Gasteiger partial charge in [0.15, 0.2) is 0 Å². The Hall–Kier alpha value is -2.62. The van der Waals surface area contributed by atoms with E-state index in [1.807, 2.05) is 63.4 Å². The highest BCUT2D eigenvalue weighted by atomic mass is 33.1. The molecule has 9 heteroatoms. The second-order valence-corrected chi connectivity index (χ2v) is 12.3. The molecule has 6 nitrogen and oxygen atoms in total. The fraction of sp³-hybridized carbons (Fsp3) is 0.333. The topological polar surface area (TPSA) is 96.9 Å². The summed E-state index contributed by atoms with van der Waals surface area (Å²) in [6.45, 7) is 0.447. The monoisotopic (exact) mass is 541 g/mol. The smallest absolute Gasteiger partial charge is 0.255 e. The van der Waals surface area contributed by atoms with Crippen LogP contribution in [0.15, 0.2) is 71.0 Å². The summed E-state index contributed by atoms with van der Waals surface area (Å²) in [5, 5.41) is 15.5. The van der Waals surface area contributed by atoms with Crippen LogP contribution in [0.1, 0.15) is 46.0 Å². The zero-order valence-corrected chi connectivity index (χ0v) is 22.6. The van der Waals surface area contributed by atoms with Crippen LogP contribution in [0.4, 0.5) is 0 Å². The lowest BCUT2D eigenvalue weighted by Gasteiger charge is -2.23. The molecule has 0 spiro atoms. The van der Waals surface area contributed by atoms with Crippen LogP contribution in [-0.4, -0.2) is 47.5 Å². The fourth-order valence-corrected chi connectivity index (χ4v) is 7.94. The van der Waals surface area contributed by atoms with Crippen molar-refractivity contribution in [2.75, 3.05) is 19.4 Å². The van der Waals surface area contributed by atoms with E-state index in [1.54, 1.807) is 36.6 Å². The molecule has 4 N–H and O–H groups in total. The number of carbonyl (C=O) groups is 1. The third-order valence-electron chi connectivity index (χ3n) is 6.24. The van der Waals surface area contributed by atoms with Crippen LogP contribution in [-0.2, 0) is 0 Å². The van der Waals surface area contributed by atoms with Crippen molar-refractivity contribution in [3.8, 4) is 11.5 Å². The molecule has 190 valence electrons. The summed E-state index contributed by atoms with van der Waals surface area (Å²) < 4.78 is 5.33. The predicted molar refractivity (Wildman–Crippen MR) is 153 cm³/mol. The maximum Gasteiger partial charge on any atom is 0.255 e. The van der Waals surface area contributed by atoms with Gasteiger partial charge in [0.2, 0.25) is 0 Å². The summed E-state index contributed by atoms with van der Waals surface area (Å²) in [5.41, 5.74) is 7.78. The van der Waals surface area contributed by atoms with Gasteiger partial charge in [0, 0.05) is 23.5 Å². The first-order valence-electron chi connectivity index (χ1n) is 11.9. The van der Waals surface area contributed by atoms with Crippen molar-refractivity contribution in [3.63, 3.8) is 0 Å². The number of benzene rings is 2. The summed E-state index contributed by atoms with van der Waals surface area (Å²) in [7, 11) is 5.45. The first-order valence-corrected chi connectivity index (χ1v) is 15.2. The summed E-state index contributed by atoms with van der Waals surface area (Å²) >= 11 is 1.60. The van der Waals surface area contributed by atoms with E-state index in [9.17, 15) is 9.90 Å². The zero-order chi connectivity index (χ0) is 25.3. The molecule has 0 aliphatic carbocycles. The molecule has 2 aromatic carbocycles. The molecule has 1 aliphatic heterocycles. The van der Waals surface area contributed by atoms with Crippen LogP contribution in [0.5, 0.6) is 11.5 Å². The van der Waals surface area contributed by atoms with Crippen molar-refractivity contribution in [1.82, 2.24) is 5.32 Å². The molecular weight excluding hydrogens is 511 g/mol. The van der Waals surface area contributed by atoms with E-state index in [0.717, 1.165) is 41.2 Å². The number of nitrogens with two attached hydrogens (primary N) is 1. The highest BCUT2D eigenvalue weighted by Crippen LogP contribution is 2.42. The lowest BCUT2D eigenvalue weighted by atomic mass is 9.91. The average molecular weight is 542 g/mol. The minimum Gasteiger partial charge on any atom is -0.507 e. The molecule has 3 aromatic rings. The number of hydrogen-bond acceptors (Lipinski definition) is 7. The average Bonchev–Trinajstić information content (AvgIpc) is 3.63. The molecule has 1 amide bonds. The van der Waals surface area contributed by atoms with Crippen LogP contribution in [0.3, 0.4) is 0 Å². The number of nitrogens with one attached hydrogen (secondary N) is 1. The van der Waals surface area contributed by atoms with E-state index < -0.39 is 0 Å². The van der Waals surface area contributed by atoms with Crippen molar-refractivity contribution < 1.29 is 14.6 Å². The number of aromatic hydroxyl groups is 1. The molecule has 36 heavy (non-hydrogen) atoms. The number of phenols is 1. The first kappa shape index (κ1) is 26.4. The molecule has 0 saturated carbocycles. The maximum atomic E-state index is 12.8. The second kappa shape index (κ2) is 13.1. The number of amides is 1. The number of carbonyl (C=O) groups excluding carboxylic acids is 1. The molecule has 4 rings (SSSR count). The van der Waals surface area contributed by atoms with Crippen molar-refractivity contribution in [2.45, 2.75) is 36.5 Å². The lowest BCUT2D eigenvalue weighted by Crippen LogP contribution is -2.30. The summed E-state index contributed by atoms with van der Waals surface area (Å²) in [6.07, 6.45) is 2.80. The molecule has 1 aromatic heterocycles.